The molecule has 0 aromatic carbocycles. The van der Waals surface area contributed by atoms with Crippen LogP contribution in [0.2, 0.25) is 0 Å². The van der Waals surface area contributed by atoms with Crippen molar-refractivity contribution in [3.05, 3.63) is 23.8 Å². The summed E-state index contributed by atoms with van der Waals surface area (Å²) < 4.78 is 0. The Morgan fingerprint density at radius 1 is 1.44 bits per heavy atom. The fraction of sp³-hybridized carbons (Fsp3) is 0.538. The lowest BCUT2D eigenvalue weighted by Crippen LogP contribution is -2.05. The van der Waals surface area contributed by atoms with Gasteiger partial charge in [-0.1, -0.05) is 18.2 Å². The quantitative estimate of drug-likeness (QED) is 0.555. The molecule has 0 aliphatic heterocycles. The van der Waals surface area contributed by atoms with E-state index in [0.717, 1.165) is 24.8 Å². The Balaban J connectivity index is 2.18. The van der Waals surface area contributed by atoms with Crippen LogP contribution >= 0.6 is 0 Å². The molecule has 0 spiro atoms. The average Bonchev–Trinajstić information content (AvgIpc) is 2.25. The maximum absolute atomic E-state index is 11.4. The summed E-state index contributed by atoms with van der Waals surface area (Å²) in [6.45, 7) is 0. The Labute approximate surface area is 95.9 Å². The topological polar surface area (TPSA) is 54.4 Å². The maximum Gasteiger partial charge on any atom is 0.303 e. The van der Waals surface area contributed by atoms with Gasteiger partial charge in [0, 0.05) is 12.8 Å². The van der Waals surface area contributed by atoms with Crippen molar-refractivity contribution < 1.29 is 14.7 Å². The molecule has 16 heavy (non-hydrogen) atoms. The number of hydrogen-bond donors (Lipinski definition) is 1. The molecule has 0 aromatic heterocycles. The van der Waals surface area contributed by atoms with Gasteiger partial charge in [-0.25, -0.2) is 0 Å². The number of carbonyl (C=O) groups is 2. The van der Waals surface area contributed by atoms with Crippen molar-refractivity contribution in [2.24, 2.45) is 0 Å². The summed E-state index contributed by atoms with van der Waals surface area (Å²) in [5, 5.41) is 8.43. The van der Waals surface area contributed by atoms with Crippen LogP contribution in [0.15, 0.2) is 23.8 Å². The van der Waals surface area contributed by atoms with Crippen LogP contribution in [-0.4, -0.2) is 16.9 Å². The fourth-order valence-electron chi connectivity index (χ4n) is 1.71. The molecule has 1 rings (SSSR count). The van der Waals surface area contributed by atoms with Gasteiger partial charge in [-0.05, 0) is 37.7 Å². The summed E-state index contributed by atoms with van der Waals surface area (Å²) in [7, 11) is 0. The molecule has 3 nitrogen and oxygen atoms in total. The minimum Gasteiger partial charge on any atom is -0.481 e. The Bertz CT molecular complexity index is 313. The number of Topliss-reactive ketones (excluding diaryl/α,β-unsaturated/α-hetero) is 1. The van der Waals surface area contributed by atoms with E-state index >= 15 is 0 Å². The van der Waals surface area contributed by atoms with Crippen molar-refractivity contribution in [2.45, 2.75) is 44.9 Å². The number of allylic oxidation sites excluding steroid dienone is 4. The molecule has 0 aromatic rings. The van der Waals surface area contributed by atoms with Crippen LogP contribution < -0.4 is 0 Å². The first kappa shape index (κ1) is 12.7. The number of carbonyl (C=O) groups excluding carboxylic acids is 1. The highest BCUT2D eigenvalue weighted by Crippen LogP contribution is 2.17. The molecule has 0 amide bonds. The average molecular weight is 222 g/mol. The highest BCUT2D eigenvalue weighted by atomic mass is 16.4. The van der Waals surface area contributed by atoms with Crippen LogP contribution in [0.25, 0.3) is 0 Å². The molecule has 3 heteroatoms. The van der Waals surface area contributed by atoms with Crippen LogP contribution in [-0.2, 0) is 9.59 Å². The van der Waals surface area contributed by atoms with Gasteiger partial charge in [-0.15, -0.1) is 0 Å². The van der Waals surface area contributed by atoms with E-state index in [9.17, 15) is 9.59 Å². The summed E-state index contributed by atoms with van der Waals surface area (Å²) in [5.74, 6) is -0.486. The second-order valence-electron chi connectivity index (χ2n) is 4.01. The van der Waals surface area contributed by atoms with E-state index in [2.05, 4.69) is 0 Å². The Morgan fingerprint density at radius 3 is 2.94 bits per heavy atom. The van der Waals surface area contributed by atoms with Gasteiger partial charge < -0.3 is 5.11 Å². The Morgan fingerprint density at radius 2 is 2.25 bits per heavy atom. The van der Waals surface area contributed by atoms with Crippen molar-refractivity contribution in [1.82, 2.24) is 0 Å². The molecule has 0 saturated heterocycles. The summed E-state index contributed by atoms with van der Waals surface area (Å²) in [6, 6.07) is 0. The molecule has 0 heterocycles. The van der Waals surface area contributed by atoms with Crippen LogP contribution in [0.1, 0.15) is 44.9 Å². The van der Waals surface area contributed by atoms with E-state index in [1.165, 1.54) is 0 Å². The molecule has 1 N–H and O–H groups in total. The predicted octanol–water partition coefficient (Wildman–Crippen LogP) is 2.87. The van der Waals surface area contributed by atoms with E-state index < -0.39 is 5.97 Å². The molecule has 0 fully saturated rings. The van der Waals surface area contributed by atoms with E-state index in [1.807, 2.05) is 18.2 Å². The molecule has 1 aliphatic rings. The van der Waals surface area contributed by atoms with E-state index in [-0.39, 0.29) is 12.2 Å². The molecule has 0 unspecified atom stereocenters. The largest absolute Gasteiger partial charge is 0.481 e. The molecular formula is C13H18O3. The lowest BCUT2D eigenvalue weighted by Gasteiger charge is -2.08. The van der Waals surface area contributed by atoms with E-state index in [1.54, 1.807) is 0 Å². The number of ketones is 1. The molecular weight excluding hydrogens is 204 g/mol. The van der Waals surface area contributed by atoms with Gasteiger partial charge in [-0.3, -0.25) is 9.59 Å². The summed E-state index contributed by atoms with van der Waals surface area (Å²) in [5.41, 5.74) is 0.917. The van der Waals surface area contributed by atoms with Gasteiger partial charge in [0.2, 0.25) is 0 Å². The third-order valence-electron chi connectivity index (χ3n) is 2.62. The number of carboxylic acid groups (broad SMARTS) is 1. The number of aliphatic carboxylic acids is 1. The lowest BCUT2D eigenvalue weighted by molar-refractivity contribution is -0.137. The van der Waals surface area contributed by atoms with Crippen LogP contribution in [0, 0.1) is 0 Å². The number of rotatable bonds is 6. The summed E-state index contributed by atoms with van der Waals surface area (Å²) >= 11 is 0. The monoisotopic (exact) mass is 222 g/mol. The van der Waals surface area contributed by atoms with Gasteiger partial charge in [0.05, 0.1) is 0 Å². The second kappa shape index (κ2) is 6.99. The molecule has 88 valence electrons. The van der Waals surface area contributed by atoms with Crippen LogP contribution in [0.5, 0.6) is 0 Å². The van der Waals surface area contributed by atoms with Gasteiger partial charge in [-0.2, -0.15) is 0 Å². The first-order valence-electron chi connectivity index (χ1n) is 5.79. The Kier molecular flexibility index (Phi) is 5.54. The summed E-state index contributed by atoms with van der Waals surface area (Å²) in [4.78, 5) is 21.7. The number of hydrogen-bond acceptors (Lipinski definition) is 2. The molecule has 0 bridgehead atoms. The van der Waals surface area contributed by atoms with Gasteiger partial charge in [0.25, 0.3) is 0 Å². The van der Waals surface area contributed by atoms with Crippen molar-refractivity contribution in [3.63, 3.8) is 0 Å². The number of unbranched alkanes of at least 4 members (excludes halogenated alkanes) is 1. The smallest absolute Gasteiger partial charge is 0.303 e. The first-order valence-corrected chi connectivity index (χ1v) is 5.79. The van der Waals surface area contributed by atoms with E-state index in [4.69, 9.17) is 5.11 Å². The third-order valence-corrected chi connectivity index (χ3v) is 2.62. The van der Waals surface area contributed by atoms with Crippen LogP contribution in [0.3, 0.4) is 0 Å². The predicted molar refractivity (Wildman–Crippen MR) is 62.2 cm³/mol. The molecule has 0 radical (unpaired) electrons. The van der Waals surface area contributed by atoms with Crippen molar-refractivity contribution >= 4 is 11.8 Å². The van der Waals surface area contributed by atoms with Crippen molar-refractivity contribution in [2.75, 3.05) is 0 Å². The minimum absolute atomic E-state index is 0.214. The van der Waals surface area contributed by atoms with Crippen molar-refractivity contribution in [3.8, 4) is 0 Å². The zero-order chi connectivity index (χ0) is 11.8. The zero-order valence-electron chi connectivity index (χ0n) is 9.45. The number of carboxylic acids is 1. The normalized spacial score (nSPS) is 16.5. The van der Waals surface area contributed by atoms with Gasteiger partial charge in [0.1, 0.15) is 0 Å². The van der Waals surface area contributed by atoms with Crippen LogP contribution in [0.4, 0.5) is 0 Å². The second-order valence-corrected chi connectivity index (χ2v) is 4.01. The molecule has 0 saturated carbocycles. The molecule has 0 atom stereocenters. The lowest BCUT2D eigenvalue weighted by atomic mass is 9.95. The first-order chi connectivity index (χ1) is 7.70. The maximum atomic E-state index is 11.4. The minimum atomic E-state index is -0.751. The molecule has 1 aliphatic carbocycles. The summed E-state index contributed by atoms with van der Waals surface area (Å²) in [6.07, 6.45) is 11.0. The highest BCUT2D eigenvalue weighted by Gasteiger charge is 2.11. The Hall–Kier alpha value is -1.38. The third kappa shape index (κ3) is 4.91. The SMILES string of the molecule is O=C(O)CCC/C=C\CC1=CCCCC1=O. The zero-order valence-corrected chi connectivity index (χ0v) is 9.45. The highest BCUT2D eigenvalue weighted by molar-refractivity contribution is 5.96. The fourth-order valence-corrected chi connectivity index (χ4v) is 1.71. The van der Waals surface area contributed by atoms with Crippen molar-refractivity contribution in [1.29, 1.82) is 0 Å². The van der Waals surface area contributed by atoms with Gasteiger partial charge >= 0.3 is 5.97 Å². The van der Waals surface area contributed by atoms with Gasteiger partial charge in [0.15, 0.2) is 5.78 Å². The van der Waals surface area contributed by atoms with E-state index in [0.29, 0.717) is 19.3 Å². The standard InChI is InChI=1S/C13H18O3/c14-12-9-6-5-8-11(12)7-3-1-2-4-10-13(15)16/h1,3,8H,2,4-7,9-10H2,(H,15,16)/b3-1-.